The van der Waals surface area contributed by atoms with E-state index in [9.17, 15) is 9.59 Å². The summed E-state index contributed by atoms with van der Waals surface area (Å²) in [5.41, 5.74) is 1.90. The molecule has 3 aromatic rings. The summed E-state index contributed by atoms with van der Waals surface area (Å²) >= 11 is 0. The summed E-state index contributed by atoms with van der Waals surface area (Å²) in [6.07, 6.45) is -0.0897. The van der Waals surface area contributed by atoms with E-state index in [4.69, 9.17) is 19.0 Å². The van der Waals surface area contributed by atoms with E-state index in [-0.39, 0.29) is 5.91 Å². The van der Waals surface area contributed by atoms with Crippen LogP contribution in [0.4, 0.5) is 11.4 Å². The van der Waals surface area contributed by atoms with Crippen LogP contribution >= 0.6 is 0 Å². The van der Waals surface area contributed by atoms with E-state index >= 15 is 0 Å². The van der Waals surface area contributed by atoms with E-state index in [1.54, 1.807) is 55.7 Å². The van der Waals surface area contributed by atoms with Crippen LogP contribution in [-0.4, -0.2) is 38.7 Å². The van der Waals surface area contributed by atoms with Crippen molar-refractivity contribution in [3.05, 3.63) is 78.4 Å². The molecule has 0 spiro atoms. The molecule has 2 saturated heterocycles. The van der Waals surface area contributed by atoms with E-state index in [1.807, 2.05) is 43.3 Å². The highest BCUT2D eigenvalue weighted by Gasteiger charge is 2.60. The number of imide groups is 1. The number of methoxy groups -OCH3 is 2. The third-order valence-corrected chi connectivity index (χ3v) is 6.45. The van der Waals surface area contributed by atoms with Crippen molar-refractivity contribution >= 4 is 23.2 Å². The number of para-hydroxylation sites is 1. The molecule has 36 heavy (non-hydrogen) atoms. The lowest BCUT2D eigenvalue weighted by Gasteiger charge is -2.29. The smallest absolute Gasteiger partial charge is 0.266 e. The molecule has 0 saturated carbocycles. The largest absolute Gasteiger partial charge is 0.497 e. The number of carbonyl (C=O) groups excluding carboxylic acids is 2. The van der Waals surface area contributed by atoms with Gasteiger partial charge < -0.3 is 14.2 Å². The van der Waals surface area contributed by atoms with Gasteiger partial charge in [0.1, 0.15) is 29.2 Å². The van der Waals surface area contributed by atoms with Crippen LogP contribution in [0.15, 0.2) is 72.8 Å². The van der Waals surface area contributed by atoms with Crippen LogP contribution in [0.1, 0.15) is 24.9 Å². The molecular formula is C28H28N2O6. The Kier molecular flexibility index (Phi) is 6.52. The number of nitrogens with zero attached hydrogens (tertiary/aromatic N) is 2. The van der Waals surface area contributed by atoms with Crippen molar-refractivity contribution in [1.29, 1.82) is 0 Å². The average molecular weight is 489 g/mol. The van der Waals surface area contributed by atoms with Gasteiger partial charge in [0.25, 0.3) is 5.91 Å². The lowest BCUT2D eigenvalue weighted by molar-refractivity contribution is -0.126. The molecule has 0 aromatic heterocycles. The number of amides is 2. The Morgan fingerprint density at radius 2 is 1.56 bits per heavy atom. The first-order valence-corrected chi connectivity index (χ1v) is 11.9. The van der Waals surface area contributed by atoms with Crippen LogP contribution in [0.25, 0.3) is 0 Å². The van der Waals surface area contributed by atoms with Crippen molar-refractivity contribution in [1.82, 2.24) is 0 Å². The van der Waals surface area contributed by atoms with Crippen LogP contribution in [-0.2, 0) is 14.4 Å². The predicted molar refractivity (Wildman–Crippen MR) is 134 cm³/mol. The third-order valence-electron chi connectivity index (χ3n) is 6.45. The van der Waals surface area contributed by atoms with Gasteiger partial charge in [0.2, 0.25) is 5.91 Å². The first kappa shape index (κ1) is 23.7. The van der Waals surface area contributed by atoms with Gasteiger partial charge in [-0.2, -0.15) is 0 Å². The monoisotopic (exact) mass is 488 g/mol. The number of hydrogen-bond acceptors (Lipinski definition) is 7. The fraction of sp³-hybridized carbons (Fsp3) is 0.286. The molecule has 2 fully saturated rings. The van der Waals surface area contributed by atoms with Crippen LogP contribution in [0.5, 0.6) is 17.2 Å². The van der Waals surface area contributed by atoms with Gasteiger partial charge in [-0.05, 0) is 61.0 Å². The van der Waals surface area contributed by atoms with E-state index in [0.717, 1.165) is 12.1 Å². The fourth-order valence-corrected chi connectivity index (χ4v) is 4.77. The van der Waals surface area contributed by atoms with E-state index in [0.29, 0.717) is 35.1 Å². The second kappa shape index (κ2) is 9.91. The van der Waals surface area contributed by atoms with Crippen molar-refractivity contribution < 1.29 is 28.6 Å². The Bertz CT molecular complexity index is 1250. The van der Waals surface area contributed by atoms with Crippen LogP contribution in [0.3, 0.4) is 0 Å². The second-order valence-electron chi connectivity index (χ2n) is 8.62. The molecule has 0 aliphatic carbocycles. The normalized spacial score (nSPS) is 21.0. The van der Waals surface area contributed by atoms with Crippen molar-refractivity contribution in [2.75, 3.05) is 30.8 Å². The zero-order valence-electron chi connectivity index (χ0n) is 20.4. The van der Waals surface area contributed by atoms with Crippen molar-refractivity contribution in [3.8, 4) is 17.2 Å². The number of hydrogen-bond donors (Lipinski definition) is 0. The minimum atomic E-state index is -0.977. The van der Waals surface area contributed by atoms with Gasteiger partial charge in [-0.3, -0.25) is 14.4 Å². The summed E-state index contributed by atoms with van der Waals surface area (Å²) in [7, 11) is 3.15. The number of hydroxylamine groups is 1. The van der Waals surface area contributed by atoms with Crippen molar-refractivity contribution in [2.45, 2.75) is 25.5 Å². The summed E-state index contributed by atoms with van der Waals surface area (Å²) < 4.78 is 16.7. The Balaban J connectivity index is 1.55. The highest BCUT2D eigenvalue weighted by Crippen LogP contribution is 2.50. The summed E-state index contributed by atoms with van der Waals surface area (Å²) in [6.45, 7) is 2.62. The molecule has 0 bridgehead atoms. The molecular weight excluding hydrogens is 460 g/mol. The predicted octanol–water partition coefficient (Wildman–Crippen LogP) is 4.54. The highest BCUT2D eigenvalue weighted by molar-refractivity contribution is 6.24. The summed E-state index contributed by atoms with van der Waals surface area (Å²) in [4.78, 5) is 34.8. The molecule has 5 rings (SSSR count). The molecule has 2 aliphatic heterocycles. The number of benzene rings is 3. The molecule has 3 aromatic carbocycles. The van der Waals surface area contributed by atoms with Crippen LogP contribution < -0.4 is 24.2 Å². The quantitative estimate of drug-likeness (QED) is 0.431. The van der Waals surface area contributed by atoms with E-state index < -0.39 is 24.0 Å². The van der Waals surface area contributed by atoms with Gasteiger partial charge in [0, 0.05) is 5.56 Å². The Morgan fingerprint density at radius 1 is 0.833 bits per heavy atom. The molecule has 2 heterocycles. The highest BCUT2D eigenvalue weighted by atomic mass is 16.7. The zero-order chi connectivity index (χ0) is 25.2. The van der Waals surface area contributed by atoms with Crippen LogP contribution in [0.2, 0.25) is 0 Å². The minimum Gasteiger partial charge on any atom is -0.497 e. The van der Waals surface area contributed by atoms with Crippen molar-refractivity contribution in [2.24, 2.45) is 5.92 Å². The summed E-state index contributed by atoms with van der Waals surface area (Å²) in [5.74, 6) is 0.346. The summed E-state index contributed by atoms with van der Waals surface area (Å²) in [6, 6.07) is 21.2. The molecule has 186 valence electrons. The first-order valence-electron chi connectivity index (χ1n) is 11.9. The number of ether oxygens (including phenoxy) is 3. The Hall–Kier alpha value is -4.04. The number of fused-ring (bicyclic) bond motifs is 1. The average Bonchev–Trinajstić information content (AvgIpc) is 3.43. The lowest BCUT2D eigenvalue weighted by atomic mass is 9.89. The third kappa shape index (κ3) is 4.03. The fourth-order valence-electron chi connectivity index (χ4n) is 4.77. The summed E-state index contributed by atoms with van der Waals surface area (Å²) in [5, 5.41) is 1.64. The van der Waals surface area contributed by atoms with Gasteiger partial charge >= 0.3 is 0 Å². The molecule has 0 radical (unpaired) electrons. The minimum absolute atomic E-state index is 0.333. The van der Waals surface area contributed by atoms with E-state index in [1.165, 1.54) is 4.90 Å². The molecule has 8 nitrogen and oxygen atoms in total. The standard InChI is InChI=1S/C28H28N2O6/c1-4-16-35-20-12-10-18(11-13-20)29-27(31)24-25(22-17-21(33-2)14-15-23(22)34-3)30(36-26(24)28(29)32)19-8-6-5-7-9-19/h5-15,17,24-26H,4,16H2,1-3H3/t24-,25+,26-/m0/s1. The molecule has 0 N–H and O–H groups in total. The van der Waals surface area contributed by atoms with Crippen molar-refractivity contribution in [3.63, 3.8) is 0 Å². The van der Waals surface area contributed by atoms with Gasteiger partial charge in [0.15, 0.2) is 6.10 Å². The maximum Gasteiger partial charge on any atom is 0.266 e. The molecule has 8 heteroatoms. The van der Waals surface area contributed by atoms with Gasteiger partial charge in [-0.25, -0.2) is 9.96 Å². The van der Waals surface area contributed by atoms with Gasteiger partial charge in [-0.15, -0.1) is 0 Å². The maximum atomic E-state index is 13.9. The lowest BCUT2D eigenvalue weighted by Crippen LogP contribution is -2.37. The van der Waals surface area contributed by atoms with E-state index in [2.05, 4.69) is 0 Å². The van der Waals surface area contributed by atoms with Crippen LogP contribution in [0, 0.1) is 5.92 Å². The number of rotatable bonds is 8. The second-order valence-corrected chi connectivity index (χ2v) is 8.62. The zero-order valence-corrected chi connectivity index (χ0v) is 20.4. The molecule has 3 atom stereocenters. The maximum absolute atomic E-state index is 13.9. The molecule has 0 unspecified atom stereocenters. The SMILES string of the molecule is CCCOc1ccc(N2C(=O)[C@@H]3[C@H](ON(c4ccccc4)[C@@H]3c3cc(OC)ccc3OC)C2=O)cc1. The topological polar surface area (TPSA) is 77.5 Å². The number of anilines is 2. The first-order chi connectivity index (χ1) is 17.6. The van der Waals surface area contributed by atoms with Gasteiger partial charge in [0.05, 0.1) is 32.2 Å². The number of carbonyl (C=O) groups is 2. The molecule has 2 amide bonds. The Labute approximate surface area is 209 Å². The van der Waals surface area contributed by atoms with Gasteiger partial charge in [-0.1, -0.05) is 25.1 Å². The molecule has 2 aliphatic rings. The Morgan fingerprint density at radius 3 is 2.22 bits per heavy atom.